The Labute approximate surface area is 174 Å². The number of halogens is 6. The summed E-state index contributed by atoms with van der Waals surface area (Å²) in [5.74, 6) is 0.272. The van der Waals surface area contributed by atoms with Crippen molar-refractivity contribution < 1.29 is 34.7 Å². The normalized spacial score (nSPS) is 14.7. The van der Waals surface area contributed by atoms with Gasteiger partial charge in [0.05, 0.1) is 0 Å². The summed E-state index contributed by atoms with van der Waals surface area (Å²) in [6.07, 6.45) is 0.894. The van der Waals surface area contributed by atoms with Crippen LogP contribution in [-0.4, -0.2) is 5.97 Å². The molecule has 164 valence electrons. The van der Waals surface area contributed by atoms with Crippen LogP contribution in [0.25, 0.3) is 10.8 Å². The second kappa shape index (κ2) is 8.12. The number of benzene rings is 3. The molecule has 0 fully saturated rings. The fraction of sp³-hybridized carbons (Fsp3) is 0.150. The van der Waals surface area contributed by atoms with Crippen molar-refractivity contribution in [2.75, 3.05) is 0 Å². The third kappa shape index (κ3) is 9.50. The molecule has 3 aromatic carbocycles. The van der Waals surface area contributed by atoms with Crippen molar-refractivity contribution >= 4 is 37.2 Å². The molecule has 0 bridgehead atoms. The molecular formula is C20H19F6O2PS. The molecule has 0 N–H and O–H groups in total. The third-order valence-electron chi connectivity index (χ3n) is 3.85. The first kappa shape index (κ1) is 24.0. The van der Waals surface area contributed by atoms with Gasteiger partial charge in [0.25, 0.3) is 0 Å². The monoisotopic (exact) mass is 468 g/mol. The van der Waals surface area contributed by atoms with Gasteiger partial charge < -0.3 is 4.74 Å². The summed E-state index contributed by atoms with van der Waals surface area (Å²) in [5.41, 5.74) is 2.47. The summed E-state index contributed by atoms with van der Waals surface area (Å²) < 4.78 is 64.3. The van der Waals surface area contributed by atoms with Gasteiger partial charge in [-0.2, -0.15) is 0 Å². The van der Waals surface area contributed by atoms with E-state index in [-0.39, 0.29) is 11.2 Å². The Morgan fingerprint density at radius 1 is 0.900 bits per heavy atom. The molecule has 0 amide bonds. The fourth-order valence-electron chi connectivity index (χ4n) is 2.74. The number of fused-ring (bicyclic) bond motifs is 1. The maximum absolute atomic E-state index is 11.0. The van der Waals surface area contributed by atoms with Gasteiger partial charge in [-0.1, -0.05) is 54.6 Å². The zero-order valence-electron chi connectivity index (χ0n) is 15.7. The van der Waals surface area contributed by atoms with Crippen LogP contribution in [0, 0.1) is 0 Å². The van der Waals surface area contributed by atoms with E-state index in [2.05, 4.69) is 55.1 Å². The van der Waals surface area contributed by atoms with E-state index in [1.807, 2.05) is 24.3 Å². The Balaban J connectivity index is 0.000000396. The molecule has 0 saturated carbocycles. The van der Waals surface area contributed by atoms with Crippen LogP contribution in [-0.2, 0) is 23.8 Å². The average molecular weight is 468 g/mol. The van der Waals surface area contributed by atoms with Gasteiger partial charge in [-0.15, -0.1) is 0 Å². The zero-order valence-corrected chi connectivity index (χ0v) is 17.6. The number of carbonyl (C=O) groups excluding carboxylic acids is 1. The summed E-state index contributed by atoms with van der Waals surface area (Å²) in [7, 11) is -10.7. The van der Waals surface area contributed by atoms with Crippen LogP contribution in [0.1, 0.15) is 23.3 Å². The number of carbonyl (C=O) groups is 1. The van der Waals surface area contributed by atoms with Crippen LogP contribution in [0.3, 0.4) is 0 Å². The van der Waals surface area contributed by atoms with Crippen LogP contribution in [0.15, 0.2) is 66.7 Å². The number of ether oxygens (including phenoxy) is 1. The fourth-order valence-corrected chi connectivity index (χ4v) is 3.15. The molecule has 0 aliphatic heterocycles. The Morgan fingerprint density at radius 2 is 1.43 bits per heavy atom. The van der Waals surface area contributed by atoms with Gasteiger partial charge >= 0.3 is 39.0 Å². The molecule has 0 aromatic heterocycles. The van der Waals surface area contributed by atoms with E-state index >= 15 is 0 Å². The van der Waals surface area contributed by atoms with E-state index < -0.39 is 7.81 Å². The van der Waals surface area contributed by atoms with E-state index in [9.17, 15) is 30.0 Å². The first-order valence-electron chi connectivity index (χ1n) is 8.61. The molecule has 0 aliphatic rings. The number of rotatable bonds is 4. The Morgan fingerprint density at radius 3 is 2.00 bits per heavy atom. The van der Waals surface area contributed by atoms with E-state index in [0.717, 1.165) is 12.0 Å². The Kier molecular flexibility index (Phi) is 6.50. The van der Waals surface area contributed by atoms with E-state index in [0.29, 0.717) is 5.75 Å². The predicted octanol–water partition coefficient (Wildman–Crippen LogP) is 7.44. The van der Waals surface area contributed by atoms with Crippen molar-refractivity contribution in [3.63, 3.8) is 0 Å². The molecule has 30 heavy (non-hydrogen) atoms. The van der Waals surface area contributed by atoms with Gasteiger partial charge in [-0.25, -0.2) is 0 Å². The van der Waals surface area contributed by atoms with Gasteiger partial charge in [-0.05, 0) is 41.1 Å². The second-order valence-electron chi connectivity index (χ2n) is 6.52. The standard InChI is InChI=1S/C20H18O2S.F6P/c1-14(21)22-18-11-9-16(10-12-18)20(23)13-17-7-4-6-15-5-2-3-8-19(15)17;1-7(2,3,4,5)6/h2-12,20,23H,13H2,1H3;/q;-1/p+1. The first-order valence-corrected chi connectivity index (χ1v) is 11.2. The SMILES string of the molecule is CC(=O)Oc1ccc(C([SH2+])Cc2cccc3ccccc23)cc1.F[P-](F)(F)(F)(F)F. The molecule has 2 nitrogen and oxygen atoms in total. The molecule has 0 heterocycles. The summed E-state index contributed by atoms with van der Waals surface area (Å²) in [4.78, 5) is 11.0. The first-order chi connectivity index (χ1) is 13.6. The zero-order chi connectivity index (χ0) is 22.6. The van der Waals surface area contributed by atoms with Crippen molar-refractivity contribution in [2.24, 2.45) is 0 Å². The predicted molar refractivity (Wildman–Crippen MR) is 112 cm³/mol. The van der Waals surface area contributed by atoms with Gasteiger partial charge in [0.1, 0.15) is 11.0 Å². The molecule has 1 unspecified atom stereocenters. The van der Waals surface area contributed by atoms with Crippen molar-refractivity contribution in [1.82, 2.24) is 0 Å². The topological polar surface area (TPSA) is 26.3 Å². The number of hydrogen-bond acceptors (Lipinski definition) is 2. The molecule has 0 spiro atoms. The summed E-state index contributed by atoms with van der Waals surface area (Å²) in [6, 6.07) is 22.5. The second-order valence-corrected chi connectivity index (χ2v) is 9.13. The van der Waals surface area contributed by atoms with Crippen molar-refractivity contribution in [2.45, 2.75) is 18.6 Å². The maximum atomic E-state index is 11.0. The van der Waals surface area contributed by atoms with E-state index in [1.54, 1.807) is 0 Å². The Hall–Kier alpha value is -2.25. The van der Waals surface area contributed by atoms with Gasteiger partial charge in [0.15, 0.2) is 0 Å². The van der Waals surface area contributed by atoms with Crippen molar-refractivity contribution in [3.05, 3.63) is 77.9 Å². The number of hydrogen-bond donors (Lipinski definition) is 0. The molecule has 3 aromatic rings. The van der Waals surface area contributed by atoms with Gasteiger partial charge in [-0.3, -0.25) is 4.79 Å². The number of esters is 1. The van der Waals surface area contributed by atoms with Crippen LogP contribution < -0.4 is 4.74 Å². The minimum atomic E-state index is -10.7. The summed E-state index contributed by atoms with van der Waals surface area (Å²) in [6.45, 7) is 1.40. The van der Waals surface area contributed by atoms with Crippen molar-refractivity contribution in [3.8, 4) is 5.75 Å². The minimum absolute atomic E-state index is 0.201. The van der Waals surface area contributed by atoms with Gasteiger partial charge in [0.2, 0.25) is 0 Å². The summed E-state index contributed by atoms with van der Waals surface area (Å²) >= 11 is 3.83. The molecule has 3 rings (SSSR count). The molecule has 0 saturated heterocycles. The van der Waals surface area contributed by atoms with Crippen LogP contribution in [0.4, 0.5) is 25.2 Å². The van der Waals surface area contributed by atoms with Gasteiger partial charge in [0, 0.05) is 18.9 Å². The third-order valence-corrected chi connectivity index (χ3v) is 4.39. The van der Waals surface area contributed by atoms with E-state index in [4.69, 9.17) is 4.74 Å². The molecule has 1 atom stereocenters. The molecule has 0 aliphatic carbocycles. The van der Waals surface area contributed by atoms with Crippen LogP contribution in [0.5, 0.6) is 5.75 Å². The molecule has 0 radical (unpaired) electrons. The summed E-state index contributed by atoms with van der Waals surface area (Å²) in [5, 5.41) is 2.75. The van der Waals surface area contributed by atoms with Crippen LogP contribution >= 0.6 is 7.81 Å². The van der Waals surface area contributed by atoms with Crippen LogP contribution in [0.2, 0.25) is 0 Å². The molecular weight excluding hydrogens is 449 g/mol. The average Bonchev–Trinajstić information content (AvgIpc) is 2.59. The van der Waals surface area contributed by atoms with E-state index in [1.165, 1.54) is 23.3 Å². The molecule has 10 heteroatoms. The van der Waals surface area contributed by atoms with Crippen molar-refractivity contribution in [1.29, 1.82) is 0 Å². The quantitative estimate of drug-likeness (QED) is 0.131. The Bertz CT molecular complexity index is 1020.